The second-order valence-corrected chi connectivity index (χ2v) is 7.03. The van der Waals surface area contributed by atoms with Crippen molar-refractivity contribution in [2.24, 2.45) is 10.4 Å². The number of aliphatic imine (C=N–C) groups is 1. The van der Waals surface area contributed by atoms with Crippen molar-refractivity contribution in [3.8, 4) is 0 Å². The molecule has 2 saturated heterocycles. The summed E-state index contributed by atoms with van der Waals surface area (Å²) in [7, 11) is 0. The van der Waals surface area contributed by atoms with Crippen molar-refractivity contribution < 1.29 is 4.74 Å². The lowest BCUT2D eigenvalue weighted by molar-refractivity contribution is 0.156. The number of ether oxygens (including phenoxy) is 1. The number of para-hydroxylation sites is 1. The molecule has 3 heterocycles. The van der Waals surface area contributed by atoms with Gasteiger partial charge in [-0.05, 0) is 37.3 Å². The fraction of sp³-hybridized carbons (Fsp3) is 0.526. The molecule has 6 heteroatoms. The highest BCUT2D eigenvalue weighted by Gasteiger charge is 2.42. The molecule has 2 aliphatic heterocycles. The van der Waals surface area contributed by atoms with E-state index in [2.05, 4.69) is 52.5 Å². The van der Waals surface area contributed by atoms with Gasteiger partial charge < -0.3 is 19.9 Å². The standard InChI is InChI=1S/C19H26N4O.HI/c1-2-20-18(23-9-7-19(13-23)8-10-24-14-19)21-12-16-11-15-5-3-4-6-17(15)22-16;/h3-6,11,22H,2,7-10,12-14H2,1H3,(H,20,21);1H. The average molecular weight is 454 g/mol. The zero-order valence-corrected chi connectivity index (χ0v) is 17.1. The number of nitrogens with zero attached hydrogens (tertiary/aromatic N) is 2. The van der Waals surface area contributed by atoms with Gasteiger partial charge in [-0.3, -0.25) is 0 Å². The number of guanidine groups is 1. The summed E-state index contributed by atoms with van der Waals surface area (Å²) < 4.78 is 5.64. The summed E-state index contributed by atoms with van der Waals surface area (Å²) >= 11 is 0. The molecule has 1 atom stereocenters. The Labute approximate surface area is 166 Å². The van der Waals surface area contributed by atoms with E-state index in [0.717, 1.165) is 44.5 Å². The molecule has 25 heavy (non-hydrogen) atoms. The summed E-state index contributed by atoms with van der Waals surface area (Å²) in [6.07, 6.45) is 2.40. The first kappa shape index (κ1) is 18.5. The Morgan fingerprint density at radius 1 is 1.36 bits per heavy atom. The molecule has 2 aliphatic rings. The summed E-state index contributed by atoms with van der Waals surface area (Å²) in [5.74, 6) is 1.03. The van der Waals surface area contributed by atoms with Crippen molar-refractivity contribution in [2.45, 2.75) is 26.3 Å². The number of fused-ring (bicyclic) bond motifs is 1. The molecule has 5 nitrogen and oxygen atoms in total. The lowest BCUT2D eigenvalue weighted by Crippen LogP contribution is -2.41. The van der Waals surface area contributed by atoms with Crippen LogP contribution < -0.4 is 5.32 Å². The topological polar surface area (TPSA) is 52.7 Å². The number of halogens is 1. The first-order valence-electron chi connectivity index (χ1n) is 8.96. The number of H-pyrrole nitrogens is 1. The summed E-state index contributed by atoms with van der Waals surface area (Å²) in [5, 5.41) is 4.70. The van der Waals surface area contributed by atoms with Gasteiger partial charge in [0.1, 0.15) is 0 Å². The lowest BCUT2D eigenvalue weighted by Gasteiger charge is -2.24. The minimum atomic E-state index is 0. The van der Waals surface area contributed by atoms with Crippen LogP contribution in [0.5, 0.6) is 0 Å². The largest absolute Gasteiger partial charge is 0.381 e. The van der Waals surface area contributed by atoms with Gasteiger partial charge in [-0.1, -0.05) is 18.2 Å². The third-order valence-corrected chi connectivity index (χ3v) is 5.24. The molecular formula is C19H27IN4O. The van der Waals surface area contributed by atoms with E-state index in [1.165, 1.54) is 23.7 Å². The van der Waals surface area contributed by atoms with Crippen LogP contribution >= 0.6 is 24.0 Å². The summed E-state index contributed by atoms with van der Waals surface area (Å²) in [5.41, 5.74) is 2.69. The number of aromatic amines is 1. The van der Waals surface area contributed by atoms with Gasteiger partial charge in [0.2, 0.25) is 0 Å². The Morgan fingerprint density at radius 2 is 2.24 bits per heavy atom. The molecule has 1 spiro atoms. The quantitative estimate of drug-likeness (QED) is 0.425. The van der Waals surface area contributed by atoms with E-state index in [4.69, 9.17) is 9.73 Å². The van der Waals surface area contributed by atoms with Crippen molar-refractivity contribution in [1.82, 2.24) is 15.2 Å². The average Bonchev–Trinajstić information content (AvgIpc) is 3.32. The molecule has 1 aromatic heterocycles. The zero-order chi connectivity index (χ0) is 16.4. The van der Waals surface area contributed by atoms with Crippen LogP contribution in [0.3, 0.4) is 0 Å². The van der Waals surface area contributed by atoms with Crippen LogP contribution in [0.1, 0.15) is 25.5 Å². The number of benzene rings is 1. The summed E-state index contributed by atoms with van der Waals surface area (Å²) in [4.78, 5) is 10.7. The van der Waals surface area contributed by atoms with Crippen molar-refractivity contribution in [3.63, 3.8) is 0 Å². The van der Waals surface area contributed by atoms with Crippen LogP contribution in [0.25, 0.3) is 10.9 Å². The minimum absolute atomic E-state index is 0. The fourth-order valence-corrected chi connectivity index (χ4v) is 3.89. The number of hydrogen-bond acceptors (Lipinski definition) is 2. The number of likely N-dealkylation sites (tertiary alicyclic amines) is 1. The van der Waals surface area contributed by atoms with Crippen LogP contribution in [-0.2, 0) is 11.3 Å². The lowest BCUT2D eigenvalue weighted by atomic mass is 9.87. The van der Waals surface area contributed by atoms with E-state index in [9.17, 15) is 0 Å². The molecule has 0 saturated carbocycles. The van der Waals surface area contributed by atoms with E-state index >= 15 is 0 Å². The predicted octanol–water partition coefficient (Wildman–Crippen LogP) is 3.36. The second kappa shape index (κ2) is 7.95. The maximum absolute atomic E-state index is 5.64. The first-order valence-corrected chi connectivity index (χ1v) is 8.96. The number of nitrogens with one attached hydrogen (secondary N) is 2. The monoisotopic (exact) mass is 454 g/mol. The van der Waals surface area contributed by atoms with Crippen molar-refractivity contribution in [1.29, 1.82) is 0 Å². The smallest absolute Gasteiger partial charge is 0.194 e. The third-order valence-electron chi connectivity index (χ3n) is 5.24. The van der Waals surface area contributed by atoms with Gasteiger partial charge in [0, 0.05) is 42.9 Å². The molecule has 2 fully saturated rings. The van der Waals surface area contributed by atoms with Crippen LogP contribution in [-0.4, -0.2) is 48.7 Å². The van der Waals surface area contributed by atoms with E-state index in [0.29, 0.717) is 12.0 Å². The van der Waals surface area contributed by atoms with Gasteiger partial charge in [0.25, 0.3) is 0 Å². The van der Waals surface area contributed by atoms with Gasteiger partial charge in [-0.15, -0.1) is 24.0 Å². The molecule has 0 radical (unpaired) electrons. The normalized spacial score (nSPS) is 23.4. The van der Waals surface area contributed by atoms with Crippen LogP contribution in [0.2, 0.25) is 0 Å². The Balaban J connectivity index is 0.00000182. The molecule has 1 aromatic carbocycles. The summed E-state index contributed by atoms with van der Waals surface area (Å²) in [6, 6.07) is 10.6. The van der Waals surface area contributed by atoms with E-state index in [-0.39, 0.29) is 24.0 Å². The van der Waals surface area contributed by atoms with Gasteiger partial charge in [0.05, 0.1) is 13.2 Å². The Bertz CT molecular complexity index is 703. The van der Waals surface area contributed by atoms with Gasteiger partial charge >= 0.3 is 0 Å². The summed E-state index contributed by atoms with van der Waals surface area (Å²) in [6.45, 7) is 7.65. The maximum Gasteiger partial charge on any atom is 0.194 e. The highest BCUT2D eigenvalue weighted by atomic mass is 127. The van der Waals surface area contributed by atoms with E-state index in [1.54, 1.807) is 0 Å². The first-order chi connectivity index (χ1) is 11.8. The SMILES string of the molecule is CCNC(=NCc1cc2ccccc2[nH]1)N1CCC2(CCOC2)C1.I. The van der Waals surface area contributed by atoms with Crippen LogP contribution in [0, 0.1) is 5.41 Å². The Morgan fingerprint density at radius 3 is 3.00 bits per heavy atom. The molecule has 136 valence electrons. The predicted molar refractivity (Wildman–Crippen MR) is 113 cm³/mol. The fourth-order valence-electron chi connectivity index (χ4n) is 3.89. The molecule has 0 bridgehead atoms. The number of rotatable bonds is 3. The van der Waals surface area contributed by atoms with E-state index < -0.39 is 0 Å². The second-order valence-electron chi connectivity index (χ2n) is 7.03. The maximum atomic E-state index is 5.64. The third kappa shape index (κ3) is 3.95. The highest BCUT2D eigenvalue weighted by molar-refractivity contribution is 14.0. The van der Waals surface area contributed by atoms with Crippen molar-refractivity contribution >= 4 is 40.8 Å². The molecule has 0 amide bonds. The van der Waals surface area contributed by atoms with Gasteiger partial charge in [0.15, 0.2) is 5.96 Å². The molecular weight excluding hydrogens is 427 g/mol. The minimum Gasteiger partial charge on any atom is -0.381 e. The highest BCUT2D eigenvalue weighted by Crippen LogP contribution is 2.38. The molecule has 2 N–H and O–H groups in total. The molecule has 1 unspecified atom stereocenters. The van der Waals surface area contributed by atoms with Gasteiger partial charge in [-0.2, -0.15) is 0 Å². The van der Waals surface area contributed by atoms with Crippen molar-refractivity contribution in [3.05, 3.63) is 36.0 Å². The zero-order valence-electron chi connectivity index (χ0n) is 14.8. The van der Waals surface area contributed by atoms with Crippen molar-refractivity contribution in [2.75, 3.05) is 32.8 Å². The Kier molecular flexibility index (Phi) is 5.89. The Hall–Kier alpha value is -1.28. The van der Waals surface area contributed by atoms with Crippen LogP contribution in [0.4, 0.5) is 0 Å². The number of aromatic nitrogens is 1. The molecule has 4 rings (SSSR count). The van der Waals surface area contributed by atoms with Crippen LogP contribution in [0.15, 0.2) is 35.3 Å². The molecule has 0 aliphatic carbocycles. The molecule has 2 aromatic rings. The van der Waals surface area contributed by atoms with Gasteiger partial charge in [-0.25, -0.2) is 4.99 Å². The van der Waals surface area contributed by atoms with E-state index in [1.807, 2.05) is 0 Å². The number of hydrogen-bond donors (Lipinski definition) is 2.